The van der Waals surface area contributed by atoms with Crippen molar-refractivity contribution in [2.45, 2.75) is 26.3 Å². The van der Waals surface area contributed by atoms with E-state index in [1.54, 1.807) is 0 Å². The smallest absolute Gasteiger partial charge is 0.0911 e. The fourth-order valence-corrected chi connectivity index (χ4v) is 0.710. The lowest BCUT2D eigenvalue weighted by atomic mass is 10.2. The topological polar surface area (TPSA) is 24.7 Å². The summed E-state index contributed by atoms with van der Waals surface area (Å²) in [6.45, 7) is 4.08. The molecule has 0 aromatic rings. The summed E-state index contributed by atoms with van der Waals surface area (Å²) in [4.78, 5) is 0. The van der Waals surface area contributed by atoms with E-state index in [9.17, 15) is 0 Å². The van der Waals surface area contributed by atoms with E-state index in [1.165, 1.54) is 0 Å². The first-order valence-electron chi connectivity index (χ1n) is 2.92. The van der Waals surface area contributed by atoms with Crippen LogP contribution in [0.3, 0.4) is 0 Å². The van der Waals surface area contributed by atoms with Crippen LogP contribution in [0.2, 0.25) is 0 Å². The Bertz CT molecular complexity index is 135. The molecule has 0 saturated heterocycles. The second-order valence-electron chi connectivity index (χ2n) is 2.00. The van der Waals surface area contributed by atoms with E-state index in [0.717, 1.165) is 12.1 Å². The van der Waals surface area contributed by atoms with Gasteiger partial charge in [0.05, 0.1) is 11.7 Å². The Morgan fingerprint density at radius 1 is 1.75 bits per heavy atom. The van der Waals surface area contributed by atoms with Gasteiger partial charge in [0.2, 0.25) is 0 Å². The largest absolute Gasteiger partial charge is 0.181 e. The number of azo groups is 1. The highest BCUT2D eigenvalue weighted by atomic mass is 15.1. The summed E-state index contributed by atoms with van der Waals surface area (Å²) in [5.41, 5.74) is 1.05. The molecular formula is C6H10N2. The first-order valence-corrected chi connectivity index (χ1v) is 2.92. The third-order valence-corrected chi connectivity index (χ3v) is 1.22. The van der Waals surface area contributed by atoms with Gasteiger partial charge in [-0.25, -0.2) is 0 Å². The second kappa shape index (κ2) is 2.07. The van der Waals surface area contributed by atoms with Gasteiger partial charge in [-0.05, 0) is 19.4 Å². The quantitative estimate of drug-likeness (QED) is 0.494. The molecule has 1 rings (SSSR count). The number of allylic oxidation sites excluding steroid dienone is 1. The summed E-state index contributed by atoms with van der Waals surface area (Å²) >= 11 is 0. The summed E-state index contributed by atoms with van der Waals surface area (Å²) in [5.74, 6) is 0. The maximum atomic E-state index is 3.97. The van der Waals surface area contributed by atoms with Crippen LogP contribution in [-0.2, 0) is 0 Å². The molecule has 0 aliphatic carbocycles. The fraction of sp³-hybridized carbons (Fsp3) is 0.667. The molecule has 1 aliphatic heterocycles. The maximum Gasteiger partial charge on any atom is 0.0911 e. The predicted molar refractivity (Wildman–Crippen MR) is 32.7 cm³/mol. The fourth-order valence-electron chi connectivity index (χ4n) is 0.710. The van der Waals surface area contributed by atoms with Crippen LogP contribution in [0.1, 0.15) is 20.3 Å². The van der Waals surface area contributed by atoms with E-state index < -0.39 is 0 Å². The van der Waals surface area contributed by atoms with Crippen LogP contribution in [0.25, 0.3) is 0 Å². The average Bonchev–Trinajstić information content (AvgIpc) is 2.14. The first kappa shape index (κ1) is 5.48. The van der Waals surface area contributed by atoms with Gasteiger partial charge < -0.3 is 0 Å². The number of nitrogens with zero attached hydrogens (tertiary/aromatic N) is 2. The normalized spacial score (nSPS) is 26.2. The molecule has 1 unspecified atom stereocenters. The third kappa shape index (κ3) is 0.941. The Morgan fingerprint density at radius 2 is 2.50 bits per heavy atom. The van der Waals surface area contributed by atoms with Crippen LogP contribution < -0.4 is 0 Å². The molecule has 1 aliphatic rings. The van der Waals surface area contributed by atoms with Gasteiger partial charge in [-0.2, -0.15) is 10.2 Å². The van der Waals surface area contributed by atoms with E-state index in [4.69, 9.17) is 0 Å². The standard InChI is InChI=1S/C6H10N2/c1-3-6-4-5(2)7-8-6/h4,6H,3H2,1-2H3. The third-order valence-electron chi connectivity index (χ3n) is 1.22. The zero-order chi connectivity index (χ0) is 5.98. The Hall–Kier alpha value is -0.660. The Kier molecular flexibility index (Phi) is 1.42. The highest BCUT2D eigenvalue weighted by Crippen LogP contribution is 2.13. The summed E-state index contributed by atoms with van der Waals surface area (Å²) < 4.78 is 0. The highest BCUT2D eigenvalue weighted by Gasteiger charge is 2.04. The number of hydrogen-bond acceptors (Lipinski definition) is 2. The molecule has 1 heterocycles. The minimum absolute atomic E-state index is 0.370. The number of hydrogen-bond donors (Lipinski definition) is 0. The van der Waals surface area contributed by atoms with E-state index in [2.05, 4.69) is 23.2 Å². The molecule has 44 valence electrons. The van der Waals surface area contributed by atoms with Gasteiger partial charge in [0.25, 0.3) is 0 Å². The first-order chi connectivity index (χ1) is 3.83. The van der Waals surface area contributed by atoms with Crippen molar-refractivity contribution in [1.29, 1.82) is 0 Å². The van der Waals surface area contributed by atoms with Gasteiger partial charge in [0, 0.05) is 0 Å². The molecule has 0 aromatic carbocycles. The lowest BCUT2D eigenvalue weighted by molar-refractivity contribution is 0.768. The molecule has 0 amide bonds. The molecule has 0 radical (unpaired) electrons. The van der Waals surface area contributed by atoms with Gasteiger partial charge in [-0.15, -0.1) is 0 Å². The molecule has 0 fully saturated rings. The van der Waals surface area contributed by atoms with Gasteiger partial charge in [0.15, 0.2) is 0 Å². The number of rotatable bonds is 1. The zero-order valence-corrected chi connectivity index (χ0v) is 5.26. The van der Waals surface area contributed by atoms with Crippen molar-refractivity contribution in [3.8, 4) is 0 Å². The Labute approximate surface area is 49.3 Å². The minimum atomic E-state index is 0.370. The predicted octanol–water partition coefficient (Wildman–Crippen LogP) is 2.13. The van der Waals surface area contributed by atoms with Gasteiger partial charge in [-0.3, -0.25) is 0 Å². The molecule has 2 nitrogen and oxygen atoms in total. The highest BCUT2D eigenvalue weighted by molar-refractivity contribution is 5.05. The van der Waals surface area contributed by atoms with Crippen molar-refractivity contribution in [3.05, 3.63) is 11.8 Å². The molecule has 0 aromatic heterocycles. The maximum absolute atomic E-state index is 3.97. The molecular weight excluding hydrogens is 100 g/mol. The molecule has 0 saturated carbocycles. The van der Waals surface area contributed by atoms with Crippen LogP contribution in [0.5, 0.6) is 0 Å². The molecule has 0 N–H and O–H groups in total. The lowest BCUT2D eigenvalue weighted by Crippen LogP contribution is -1.90. The summed E-state index contributed by atoms with van der Waals surface area (Å²) in [5, 5.41) is 7.84. The van der Waals surface area contributed by atoms with Crippen molar-refractivity contribution in [1.82, 2.24) is 0 Å². The Balaban J connectivity index is 2.55. The summed E-state index contributed by atoms with van der Waals surface area (Å²) in [6, 6.07) is 0.370. The summed E-state index contributed by atoms with van der Waals surface area (Å²) in [7, 11) is 0. The van der Waals surface area contributed by atoms with Crippen molar-refractivity contribution in [3.63, 3.8) is 0 Å². The van der Waals surface area contributed by atoms with E-state index in [0.29, 0.717) is 6.04 Å². The van der Waals surface area contributed by atoms with Crippen LogP contribution in [0.4, 0.5) is 0 Å². The van der Waals surface area contributed by atoms with Gasteiger partial charge in [0.1, 0.15) is 0 Å². The molecule has 0 bridgehead atoms. The van der Waals surface area contributed by atoms with E-state index >= 15 is 0 Å². The van der Waals surface area contributed by atoms with Crippen LogP contribution in [0, 0.1) is 0 Å². The second-order valence-corrected chi connectivity index (χ2v) is 2.00. The molecule has 1 atom stereocenters. The van der Waals surface area contributed by atoms with Gasteiger partial charge in [-0.1, -0.05) is 6.92 Å². The molecule has 2 heteroatoms. The minimum Gasteiger partial charge on any atom is -0.181 e. The van der Waals surface area contributed by atoms with Crippen molar-refractivity contribution in [2.24, 2.45) is 10.2 Å². The van der Waals surface area contributed by atoms with Gasteiger partial charge >= 0.3 is 0 Å². The van der Waals surface area contributed by atoms with Crippen LogP contribution >= 0.6 is 0 Å². The van der Waals surface area contributed by atoms with Crippen LogP contribution in [-0.4, -0.2) is 6.04 Å². The van der Waals surface area contributed by atoms with Crippen molar-refractivity contribution >= 4 is 0 Å². The zero-order valence-electron chi connectivity index (χ0n) is 5.26. The summed E-state index contributed by atoms with van der Waals surface area (Å²) in [6.07, 6.45) is 3.15. The molecule has 8 heavy (non-hydrogen) atoms. The van der Waals surface area contributed by atoms with E-state index in [1.807, 2.05) is 6.92 Å². The Morgan fingerprint density at radius 3 is 2.75 bits per heavy atom. The van der Waals surface area contributed by atoms with E-state index in [-0.39, 0.29) is 0 Å². The van der Waals surface area contributed by atoms with Crippen molar-refractivity contribution in [2.75, 3.05) is 0 Å². The average molecular weight is 110 g/mol. The molecule has 0 spiro atoms. The lowest BCUT2D eigenvalue weighted by Gasteiger charge is -1.91. The van der Waals surface area contributed by atoms with Crippen LogP contribution in [0.15, 0.2) is 22.0 Å². The SMILES string of the molecule is CCC1C=C(C)N=N1. The monoisotopic (exact) mass is 110 g/mol. The van der Waals surface area contributed by atoms with Crippen molar-refractivity contribution < 1.29 is 0 Å².